The topological polar surface area (TPSA) is 83.9 Å². The van der Waals surface area contributed by atoms with Crippen LogP contribution in [0.2, 0.25) is 0 Å². The average Bonchev–Trinajstić information content (AvgIpc) is 2.47. The average molecular weight is 299 g/mol. The molecule has 0 unspecified atom stereocenters. The molecular formula is C13H17NO5S. The van der Waals surface area contributed by atoms with Crippen molar-refractivity contribution in [3.8, 4) is 5.75 Å². The van der Waals surface area contributed by atoms with Crippen molar-refractivity contribution in [2.24, 2.45) is 0 Å². The van der Waals surface area contributed by atoms with Crippen molar-refractivity contribution in [1.29, 1.82) is 0 Å². The van der Waals surface area contributed by atoms with Crippen molar-refractivity contribution in [2.75, 3.05) is 13.7 Å². The summed E-state index contributed by atoms with van der Waals surface area (Å²) in [5.41, 5.74) is 0. The largest absolute Gasteiger partial charge is 0.497 e. The zero-order valence-electron chi connectivity index (χ0n) is 11.2. The van der Waals surface area contributed by atoms with Gasteiger partial charge in [-0.1, -0.05) is 0 Å². The summed E-state index contributed by atoms with van der Waals surface area (Å²) in [5, 5.41) is 9.17. The normalized spacial score (nSPS) is 20.6. The van der Waals surface area contributed by atoms with E-state index in [1.54, 1.807) is 12.1 Å². The number of methoxy groups -OCH3 is 1. The van der Waals surface area contributed by atoms with Gasteiger partial charge in [0.1, 0.15) is 11.8 Å². The van der Waals surface area contributed by atoms with Gasteiger partial charge in [-0.25, -0.2) is 8.42 Å². The van der Waals surface area contributed by atoms with Crippen molar-refractivity contribution in [1.82, 2.24) is 4.31 Å². The molecule has 1 aliphatic rings. The lowest BCUT2D eigenvalue weighted by molar-refractivity contribution is -0.142. The first-order chi connectivity index (χ1) is 9.46. The molecule has 1 heterocycles. The number of nitrogens with zero attached hydrogens (tertiary/aromatic N) is 1. The number of carboxylic acids is 1. The van der Waals surface area contributed by atoms with Crippen molar-refractivity contribution in [3.05, 3.63) is 24.3 Å². The Kier molecular flexibility index (Phi) is 4.29. The Morgan fingerprint density at radius 1 is 1.30 bits per heavy atom. The van der Waals surface area contributed by atoms with E-state index in [-0.39, 0.29) is 11.4 Å². The molecule has 1 fully saturated rings. The minimum Gasteiger partial charge on any atom is -0.497 e. The maximum absolute atomic E-state index is 12.5. The van der Waals surface area contributed by atoms with E-state index in [4.69, 9.17) is 4.74 Å². The van der Waals surface area contributed by atoms with E-state index in [2.05, 4.69) is 0 Å². The number of carbonyl (C=O) groups is 1. The van der Waals surface area contributed by atoms with Gasteiger partial charge in [0.2, 0.25) is 10.0 Å². The monoisotopic (exact) mass is 299 g/mol. The number of sulfonamides is 1. The Labute approximate surface area is 118 Å². The molecule has 0 aromatic heterocycles. The van der Waals surface area contributed by atoms with Gasteiger partial charge in [0.05, 0.1) is 12.0 Å². The highest BCUT2D eigenvalue weighted by Gasteiger charge is 2.37. The molecule has 6 nitrogen and oxygen atoms in total. The summed E-state index contributed by atoms with van der Waals surface area (Å²) in [4.78, 5) is 11.3. The van der Waals surface area contributed by atoms with Crippen LogP contribution in [0.1, 0.15) is 19.3 Å². The molecule has 0 aliphatic carbocycles. The lowest BCUT2D eigenvalue weighted by atomic mass is 10.1. The van der Waals surface area contributed by atoms with E-state index in [1.807, 2.05) is 0 Å². The number of piperidine rings is 1. The predicted octanol–water partition coefficient (Wildman–Crippen LogP) is 1.32. The number of aliphatic carboxylic acids is 1. The number of ether oxygens (including phenoxy) is 1. The molecule has 7 heteroatoms. The summed E-state index contributed by atoms with van der Waals surface area (Å²) in [6.07, 6.45) is 1.76. The fraction of sp³-hybridized carbons (Fsp3) is 0.462. The number of hydrogen-bond acceptors (Lipinski definition) is 4. The number of hydrogen-bond donors (Lipinski definition) is 1. The summed E-state index contributed by atoms with van der Waals surface area (Å²) in [5.74, 6) is -0.542. The lowest BCUT2D eigenvalue weighted by Gasteiger charge is -2.31. The van der Waals surface area contributed by atoms with E-state index in [1.165, 1.54) is 19.2 Å². The first kappa shape index (κ1) is 14.8. The van der Waals surface area contributed by atoms with Gasteiger partial charge in [-0.2, -0.15) is 4.31 Å². The Hall–Kier alpha value is -1.60. The highest BCUT2D eigenvalue weighted by molar-refractivity contribution is 7.89. The van der Waals surface area contributed by atoms with E-state index < -0.39 is 22.0 Å². The number of carboxylic acid groups (broad SMARTS) is 1. The second kappa shape index (κ2) is 5.80. The first-order valence-electron chi connectivity index (χ1n) is 6.35. The maximum atomic E-state index is 12.5. The van der Waals surface area contributed by atoms with Crippen molar-refractivity contribution in [3.63, 3.8) is 0 Å². The molecule has 1 aromatic rings. The minimum absolute atomic E-state index is 0.0893. The van der Waals surface area contributed by atoms with E-state index in [0.29, 0.717) is 18.6 Å². The van der Waals surface area contributed by atoms with Gasteiger partial charge in [-0.05, 0) is 43.5 Å². The molecule has 0 amide bonds. The molecule has 1 aromatic carbocycles. The van der Waals surface area contributed by atoms with Gasteiger partial charge >= 0.3 is 5.97 Å². The summed E-state index contributed by atoms with van der Waals surface area (Å²) in [6.45, 7) is 0.241. The molecule has 0 saturated carbocycles. The summed E-state index contributed by atoms with van der Waals surface area (Å²) >= 11 is 0. The third-order valence-corrected chi connectivity index (χ3v) is 5.33. The van der Waals surface area contributed by atoms with Gasteiger partial charge in [0.15, 0.2) is 0 Å². The quantitative estimate of drug-likeness (QED) is 0.906. The summed E-state index contributed by atoms with van der Waals surface area (Å²) in [7, 11) is -2.29. The predicted molar refractivity (Wildman–Crippen MR) is 72.2 cm³/mol. The fourth-order valence-electron chi connectivity index (χ4n) is 2.32. The number of benzene rings is 1. The molecule has 1 atom stereocenters. The molecule has 2 rings (SSSR count). The maximum Gasteiger partial charge on any atom is 0.322 e. The second-order valence-electron chi connectivity index (χ2n) is 4.64. The molecule has 1 aliphatic heterocycles. The van der Waals surface area contributed by atoms with Crippen molar-refractivity contribution < 1.29 is 23.1 Å². The van der Waals surface area contributed by atoms with Crippen LogP contribution in [0, 0.1) is 0 Å². The third kappa shape index (κ3) is 2.78. The molecular weight excluding hydrogens is 282 g/mol. The zero-order valence-corrected chi connectivity index (χ0v) is 12.0. The highest BCUT2D eigenvalue weighted by Crippen LogP contribution is 2.26. The lowest BCUT2D eigenvalue weighted by Crippen LogP contribution is -2.47. The van der Waals surface area contributed by atoms with Crippen LogP contribution in [0.25, 0.3) is 0 Å². The van der Waals surface area contributed by atoms with Gasteiger partial charge in [0, 0.05) is 6.54 Å². The Balaban J connectivity index is 2.34. The Morgan fingerprint density at radius 3 is 2.50 bits per heavy atom. The fourth-order valence-corrected chi connectivity index (χ4v) is 3.97. The van der Waals surface area contributed by atoms with Crippen molar-refractivity contribution in [2.45, 2.75) is 30.2 Å². The van der Waals surface area contributed by atoms with Crippen molar-refractivity contribution >= 4 is 16.0 Å². The molecule has 1 saturated heterocycles. The molecule has 1 N–H and O–H groups in total. The SMILES string of the molecule is COc1ccc(S(=O)(=O)N2CCCC[C@H]2C(=O)O)cc1. The zero-order chi connectivity index (χ0) is 14.8. The van der Waals surface area contributed by atoms with Crippen LogP contribution >= 0.6 is 0 Å². The first-order valence-corrected chi connectivity index (χ1v) is 7.79. The van der Waals surface area contributed by atoms with Crippen LogP contribution in [-0.2, 0) is 14.8 Å². The standard InChI is InChI=1S/C13H17NO5S/c1-19-10-5-7-11(8-6-10)20(17,18)14-9-3-2-4-12(14)13(15)16/h5-8,12H,2-4,9H2,1H3,(H,15,16)/t12-/m0/s1. The van der Waals surface area contributed by atoms with Crippen LogP contribution in [0.15, 0.2) is 29.2 Å². The smallest absolute Gasteiger partial charge is 0.322 e. The molecule has 0 bridgehead atoms. The van der Waals surface area contributed by atoms with Crippen LogP contribution < -0.4 is 4.74 Å². The molecule has 20 heavy (non-hydrogen) atoms. The van der Waals surface area contributed by atoms with E-state index in [9.17, 15) is 18.3 Å². The molecule has 0 radical (unpaired) electrons. The van der Waals surface area contributed by atoms with E-state index >= 15 is 0 Å². The van der Waals surface area contributed by atoms with Crippen LogP contribution in [0.4, 0.5) is 0 Å². The molecule has 110 valence electrons. The van der Waals surface area contributed by atoms with Gasteiger partial charge in [-0.15, -0.1) is 0 Å². The second-order valence-corrected chi connectivity index (χ2v) is 6.53. The summed E-state index contributed by atoms with van der Waals surface area (Å²) < 4.78 is 31.1. The minimum atomic E-state index is -3.78. The van der Waals surface area contributed by atoms with Gasteiger partial charge in [-0.3, -0.25) is 4.79 Å². The van der Waals surface area contributed by atoms with Crippen LogP contribution in [0.5, 0.6) is 5.75 Å². The Morgan fingerprint density at radius 2 is 1.95 bits per heavy atom. The van der Waals surface area contributed by atoms with Crippen LogP contribution in [-0.4, -0.2) is 43.5 Å². The third-order valence-electron chi connectivity index (χ3n) is 3.40. The highest BCUT2D eigenvalue weighted by atomic mass is 32.2. The molecule has 0 spiro atoms. The van der Waals surface area contributed by atoms with Crippen LogP contribution in [0.3, 0.4) is 0 Å². The number of rotatable bonds is 4. The Bertz CT molecular complexity index is 581. The van der Waals surface area contributed by atoms with E-state index in [0.717, 1.165) is 10.7 Å². The summed E-state index contributed by atoms with van der Waals surface area (Å²) in [6, 6.07) is 4.98. The van der Waals surface area contributed by atoms with Gasteiger partial charge < -0.3 is 9.84 Å². The van der Waals surface area contributed by atoms with Gasteiger partial charge in [0.25, 0.3) is 0 Å².